The molecule has 1 aromatic rings. The Morgan fingerprint density at radius 1 is 1.40 bits per heavy atom. The molecule has 1 aromatic carbocycles. The first-order chi connectivity index (χ1) is 9.13. The smallest absolute Gasteiger partial charge is 0.339 e. The molecule has 0 bridgehead atoms. The lowest BCUT2D eigenvalue weighted by atomic mass is 10.1. The summed E-state index contributed by atoms with van der Waals surface area (Å²) in [6, 6.07) is 4.49. The second-order valence-corrected chi connectivity index (χ2v) is 6.84. The number of esters is 1. The molecule has 0 amide bonds. The van der Waals surface area contributed by atoms with Gasteiger partial charge in [-0.2, -0.15) is 0 Å². The number of carbonyl (C=O) groups excluding carboxylic acids is 1. The minimum absolute atomic E-state index is 0.00724. The molecule has 0 saturated heterocycles. The average Bonchev–Trinajstić information content (AvgIpc) is 2.36. The zero-order chi connectivity index (χ0) is 15.6. The molecule has 0 heterocycles. The van der Waals surface area contributed by atoms with Crippen molar-refractivity contribution < 1.29 is 17.9 Å². The fourth-order valence-corrected chi connectivity index (χ4v) is 3.21. The van der Waals surface area contributed by atoms with Gasteiger partial charge in [0.25, 0.3) is 0 Å². The number of benzene rings is 1. The van der Waals surface area contributed by atoms with E-state index in [9.17, 15) is 13.2 Å². The molecule has 0 aromatic heterocycles. The molecular weight excluding hydrogens is 280 g/mol. The molecule has 0 radical (unpaired) electrons. The lowest BCUT2D eigenvalue weighted by Gasteiger charge is -2.24. The van der Waals surface area contributed by atoms with Gasteiger partial charge in [0.05, 0.1) is 17.6 Å². The van der Waals surface area contributed by atoms with Crippen molar-refractivity contribution in [2.24, 2.45) is 5.73 Å². The topological polar surface area (TPSA) is 98.5 Å². The summed E-state index contributed by atoms with van der Waals surface area (Å²) in [5, 5.41) is 0. The lowest BCUT2D eigenvalue weighted by Crippen LogP contribution is -2.48. The first kappa shape index (κ1) is 16.6. The van der Waals surface area contributed by atoms with Crippen LogP contribution in [0, 0.1) is 6.92 Å². The Morgan fingerprint density at radius 3 is 2.50 bits per heavy atom. The molecule has 0 saturated carbocycles. The van der Waals surface area contributed by atoms with Crippen molar-refractivity contribution in [3.63, 3.8) is 0 Å². The summed E-state index contributed by atoms with van der Waals surface area (Å²) in [6.07, 6.45) is 0. The van der Waals surface area contributed by atoms with E-state index in [2.05, 4.69) is 9.46 Å². The van der Waals surface area contributed by atoms with Gasteiger partial charge in [-0.3, -0.25) is 0 Å². The second-order valence-electron chi connectivity index (χ2n) is 5.18. The average molecular weight is 300 g/mol. The largest absolute Gasteiger partial charge is 0.465 e. The van der Waals surface area contributed by atoms with Crippen LogP contribution in [0.5, 0.6) is 0 Å². The third kappa shape index (κ3) is 3.78. The molecule has 1 rings (SSSR count). The summed E-state index contributed by atoms with van der Waals surface area (Å²) in [4.78, 5) is 11.6. The number of hydrogen-bond acceptors (Lipinski definition) is 5. The van der Waals surface area contributed by atoms with Crippen molar-refractivity contribution in [2.45, 2.75) is 31.2 Å². The highest BCUT2D eigenvalue weighted by molar-refractivity contribution is 7.89. The summed E-state index contributed by atoms with van der Waals surface area (Å²) in [6.45, 7) is 5.22. The maximum atomic E-state index is 12.4. The van der Waals surface area contributed by atoms with Crippen molar-refractivity contribution in [1.29, 1.82) is 0 Å². The number of methoxy groups -OCH3 is 1. The monoisotopic (exact) mass is 300 g/mol. The molecule has 0 aliphatic heterocycles. The van der Waals surface area contributed by atoms with Crippen LogP contribution in [-0.4, -0.2) is 33.6 Å². The molecule has 0 atom stereocenters. The number of rotatable bonds is 5. The van der Waals surface area contributed by atoms with Crippen LogP contribution >= 0.6 is 0 Å². The number of sulfonamides is 1. The normalized spacial score (nSPS) is 12.2. The summed E-state index contributed by atoms with van der Waals surface area (Å²) in [5.41, 5.74) is 5.49. The van der Waals surface area contributed by atoms with Gasteiger partial charge in [-0.1, -0.05) is 11.6 Å². The van der Waals surface area contributed by atoms with Crippen LogP contribution < -0.4 is 10.5 Å². The standard InChI is InChI=1S/C13H20N2O4S/c1-9-5-6-11(10(7-9)12(16)19-4)20(17,18)15-13(2,3)8-14/h5-7,15H,8,14H2,1-4H3. The van der Waals surface area contributed by atoms with Crippen LogP contribution in [0.4, 0.5) is 0 Å². The minimum atomic E-state index is -3.86. The van der Waals surface area contributed by atoms with Crippen LogP contribution in [0.2, 0.25) is 0 Å². The number of nitrogens with one attached hydrogen (secondary N) is 1. The van der Waals surface area contributed by atoms with E-state index in [0.717, 1.165) is 5.56 Å². The highest BCUT2D eigenvalue weighted by atomic mass is 32.2. The van der Waals surface area contributed by atoms with Gasteiger partial charge in [-0.05, 0) is 32.9 Å². The number of nitrogens with two attached hydrogens (primary N) is 1. The van der Waals surface area contributed by atoms with Crippen LogP contribution in [0.3, 0.4) is 0 Å². The first-order valence-electron chi connectivity index (χ1n) is 6.06. The molecule has 7 heteroatoms. The fourth-order valence-electron chi connectivity index (χ4n) is 1.61. The molecule has 20 heavy (non-hydrogen) atoms. The molecule has 0 fully saturated rings. The van der Waals surface area contributed by atoms with E-state index in [1.807, 2.05) is 0 Å². The van der Waals surface area contributed by atoms with E-state index in [4.69, 9.17) is 5.73 Å². The van der Waals surface area contributed by atoms with Crippen molar-refractivity contribution in [3.8, 4) is 0 Å². The Kier molecular flexibility index (Phi) is 4.90. The first-order valence-corrected chi connectivity index (χ1v) is 7.54. The van der Waals surface area contributed by atoms with Gasteiger partial charge in [-0.25, -0.2) is 17.9 Å². The number of hydrogen-bond donors (Lipinski definition) is 2. The Labute approximate surface area is 119 Å². The van der Waals surface area contributed by atoms with Crippen LogP contribution in [0.1, 0.15) is 29.8 Å². The molecule has 0 aliphatic carbocycles. The van der Waals surface area contributed by atoms with Crippen molar-refractivity contribution in [2.75, 3.05) is 13.7 Å². The molecule has 0 unspecified atom stereocenters. The lowest BCUT2D eigenvalue weighted by molar-refractivity contribution is 0.0596. The van der Waals surface area contributed by atoms with Gasteiger partial charge in [0.2, 0.25) is 10.0 Å². The predicted octanol–water partition coefficient (Wildman–Crippen LogP) is 0.797. The third-order valence-electron chi connectivity index (χ3n) is 2.75. The Hall–Kier alpha value is -1.44. The fraction of sp³-hybridized carbons (Fsp3) is 0.462. The van der Waals surface area contributed by atoms with Crippen molar-refractivity contribution in [3.05, 3.63) is 29.3 Å². The highest BCUT2D eigenvalue weighted by Crippen LogP contribution is 2.20. The molecular formula is C13H20N2O4S. The van der Waals surface area contributed by atoms with Gasteiger partial charge in [0.15, 0.2) is 0 Å². The Bertz CT molecular complexity index is 609. The van der Waals surface area contributed by atoms with Gasteiger partial charge in [-0.15, -0.1) is 0 Å². The maximum Gasteiger partial charge on any atom is 0.339 e. The van der Waals surface area contributed by atoms with E-state index in [0.29, 0.717) is 0 Å². The number of aryl methyl sites for hydroxylation is 1. The zero-order valence-corrected chi connectivity index (χ0v) is 12.9. The van der Waals surface area contributed by atoms with Gasteiger partial charge in [0, 0.05) is 12.1 Å². The number of carbonyl (C=O) groups is 1. The van der Waals surface area contributed by atoms with Gasteiger partial charge >= 0.3 is 5.97 Å². The summed E-state index contributed by atoms with van der Waals surface area (Å²) >= 11 is 0. The summed E-state index contributed by atoms with van der Waals surface area (Å²) < 4.78 is 31.9. The SMILES string of the molecule is COC(=O)c1cc(C)ccc1S(=O)(=O)NC(C)(C)CN. The van der Waals surface area contributed by atoms with Crippen molar-refractivity contribution >= 4 is 16.0 Å². The van der Waals surface area contributed by atoms with Crippen LogP contribution in [0.15, 0.2) is 23.1 Å². The highest BCUT2D eigenvalue weighted by Gasteiger charge is 2.28. The van der Waals surface area contributed by atoms with Crippen molar-refractivity contribution in [1.82, 2.24) is 4.72 Å². The molecule has 0 spiro atoms. The predicted molar refractivity (Wildman–Crippen MR) is 76.0 cm³/mol. The summed E-state index contributed by atoms with van der Waals surface area (Å²) in [7, 11) is -2.66. The van der Waals surface area contributed by atoms with Gasteiger partial charge in [0.1, 0.15) is 0 Å². The van der Waals surface area contributed by atoms with E-state index < -0.39 is 21.5 Å². The van der Waals surface area contributed by atoms with E-state index in [1.54, 1.807) is 26.8 Å². The van der Waals surface area contributed by atoms with Crippen LogP contribution in [0.25, 0.3) is 0 Å². The zero-order valence-electron chi connectivity index (χ0n) is 12.1. The Balaban J connectivity index is 3.35. The van der Waals surface area contributed by atoms with Gasteiger partial charge < -0.3 is 10.5 Å². The second kappa shape index (κ2) is 5.90. The van der Waals surface area contributed by atoms with Crippen LogP contribution in [-0.2, 0) is 14.8 Å². The third-order valence-corrected chi connectivity index (χ3v) is 4.51. The van der Waals surface area contributed by atoms with E-state index in [-0.39, 0.29) is 17.0 Å². The molecule has 0 aliphatic rings. The minimum Gasteiger partial charge on any atom is -0.465 e. The van der Waals surface area contributed by atoms with E-state index >= 15 is 0 Å². The molecule has 3 N–H and O–H groups in total. The Morgan fingerprint density at radius 2 is 2.00 bits per heavy atom. The number of ether oxygens (including phenoxy) is 1. The molecule has 6 nitrogen and oxygen atoms in total. The quantitative estimate of drug-likeness (QED) is 0.784. The summed E-state index contributed by atoms with van der Waals surface area (Å²) in [5.74, 6) is -0.695. The molecule has 112 valence electrons. The van der Waals surface area contributed by atoms with E-state index in [1.165, 1.54) is 19.2 Å². The maximum absolute atomic E-state index is 12.4.